The highest BCUT2D eigenvalue weighted by Gasteiger charge is 2.34. The highest BCUT2D eigenvalue weighted by atomic mass is 16.5. The molecule has 0 spiro atoms. The average Bonchev–Trinajstić information content (AvgIpc) is 2.55. The molecule has 1 aliphatic rings. The van der Waals surface area contributed by atoms with Crippen LogP contribution in [0.1, 0.15) is 64.0 Å². The standard InChI is InChI=1S/C17H30N2O/c1-7-20-17(5,6)11-19-12(2)8-13-14(18)9-16(3,4)10-15(13)19/h8,14H,7,9-11,18H2,1-6H3. The third-order valence-corrected chi connectivity index (χ3v) is 4.34. The lowest BCUT2D eigenvalue weighted by atomic mass is 9.74. The molecule has 1 aliphatic carbocycles. The fraction of sp³-hybridized carbons (Fsp3) is 0.765. The van der Waals surface area contributed by atoms with E-state index in [0.29, 0.717) is 0 Å². The van der Waals surface area contributed by atoms with E-state index in [1.54, 1.807) is 0 Å². The van der Waals surface area contributed by atoms with Gasteiger partial charge in [0, 0.05) is 24.0 Å². The smallest absolute Gasteiger partial charge is 0.0804 e. The lowest BCUT2D eigenvalue weighted by molar-refractivity contribution is -0.0234. The first-order valence-corrected chi connectivity index (χ1v) is 7.74. The Morgan fingerprint density at radius 1 is 1.45 bits per heavy atom. The van der Waals surface area contributed by atoms with E-state index in [2.05, 4.69) is 52.2 Å². The molecule has 1 unspecified atom stereocenters. The first-order chi connectivity index (χ1) is 9.15. The number of aryl methyl sites for hydroxylation is 1. The fourth-order valence-corrected chi connectivity index (χ4v) is 3.54. The quantitative estimate of drug-likeness (QED) is 0.914. The molecule has 0 saturated carbocycles. The summed E-state index contributed by atoms with van der Waals surface area (Å²) in [5, 5.41) is 0. The van der Waals surface area contributed by atoms with E-state index >= 15 is 0 Å². The molecule has 0 fully saturated rings. The number of aromatic nitrogens is 1. The second-order valence-corrected chi connectivity index (χ2v) is 7.62. The second-order valence-electron chi connectivity index (χ2n) is 7.62. The van der Waals surface area contributed by atoms with Crippen LogP contribution >= 0.6 is 0 Å². The molecule has 20 heavy (non-hydrogen) atoms. The Hall–Kier alpha value is -0.800. The normalized spacial score (nSPS) is 21.9. The molecule has 0 aromatic carbocycles. The molecule has 1 heterocycles. The van der Waals surface area contributed by atoms with Gasteiger partial charge in [-0.3, -0.25) is 0 Å². The molecular weight excluding hydrogens is 248 g/mol. The molecule has 1 aromatic heterocycles. The third kappa shape index (κ3) is 3.09. The van der Waals surface area contributed by atoms with Crippen LogP contribution in [0.3, 0.4) is 0 Å². The first kappa shape index (κ1) is 15.6. The van der Waals surface area contributed by atoms with Gasteiger partial charge < -0.3 is 15.0 Å². The molecular formula is C17H30N2O. The number of hydrogen-bond donors (Lipinski definition) is 1. The summed E-state index contributed by atoms with van der Waals surface area (Å²) in [6, 6.07) is 2.45. The summed E-state index contributed by atoms with van der Waals surface area (Å²) in [5.41, 5.74) is 10.6. The largest absolute Gasteiger partial charge is 0.374 e. The van der Waals surface area contributed by atoms with Gasteiger partial charge in [0.05, 0.1) is 12.1 Å². The van der Waals surface area contributed by atoms with Crippen molar-refractivity contribution in [2.45, 2.75) is 72.6 Å². The van der Waals surface area contributed by atoms with Gasteiger partial charge in [0.15, 0.2) is 0 Å². The van der Waals surface area contributed by atoms with Gasteiger partial charge in [0.2, 0.25) is 0 Å². The van der Waals surface area contributed by atoms with Crippen LogP contribution in [0.4, 0.5) is 0 Å². The van der Waals surface area contributed by atoms with Gasteiger partial charge >= 0.3 is 0 Å². The van der Waals surface area contributed by atoms with Crippen molar-refractivity contribution in [2.24, 2.45) is 11.1 Å². The molecule has 0 aliphatic heterocycles. The zero-order chi connectivity index (χ0) is 15.1. The minimum atomic E-state index is -0.141. The number of hydrogen-bond acceptors (Lipinski definition) is 2. The highest BCUT2D eigenvalue weighted by Crippen LogP contribution is 2.41. The van der Waals surface area contributed by atoms with Crippen molar-refractivity contribution in [2.75, 3.05) is 6.61 Å². The number of ether oxygens (including phenoxy) is 1. The molecule has 2 N–H and O–H groups in total. The monoisotopic (exact) mass is 278 g/mol. The van der Waals surface area contributed by atoms with Gasteiger partial charge in [-0.15, -0.1) is 0 Å². The van der Waals surface area contributed by atoms with Crippen molar-refractivity contribution < 1.29 is 4.74 Å². The lowest BCUT2D eigenvalue weighted by Gasteiger charge is -2.36. The van der Waals surface area contributed by atoms with Gasteiger partial charge in [0.25, 0.3) is 0 Å². The zero-order valence-corrected chi connectivity index (χ0v) is 13.9. The summed E-state index contributed by atoms with van der Waals surface area (Å²) >= 11 is 0. The predicted molar refractivity (Wildman–Crippen MR) is 83.9 cm³/mol. The first-order valence-electron chi connectivity index (χ1n) is 7.74. The molecule has 0 amide bonds. The zero-order valence-electron chi connectivity index (χ0n) is 13.9. The minimum absolute atomic E-state index is 0.141. The number of rotatable bonds is 4. The van der Waals surface area contributed by atoms with E-state index in [1.165, 1.54) is 17.0 Å². The van der Waals surface area contributed by atoms with Gasteiger partial charge in [0.1, 0.15) is 0 Å². The Kier molecular flexibility index (Phi) is 4.05. The van der Waals surface area contributed by atoms with Crippen LogP contribution < -0.4 is 5.73 Å². The van der Waals surface area contributed by atoms with Gasteiger partial charge in [-0.1, -0.05) is 13.8 Å². The van der Waals surface area contributed by atoms with Crippen LogP contribution in [-0.2, 0) is 17.7 Å². The topological polar surface area (TPSA) is 40.2 Å². The second kappa shape index (κ2) is 5.19. The van der Waals surface area contributed by atoms with E-state index in [4.69, 9.17) is 10.5 Å². The molecule has 3 heteroatoms. The lowest BCUT2D eigenvalue weighted by Crippen LogP contribution is -2.35. The maximum absolute atomic E-state index is 6.38. The van der Waals surface area contributed by atoms with Crippen molar-refractivity contribution in [1.82, 2.24) is 4.57 Å². The molecule has 0 bridgehead atoms. The van der Waals surface area contributed by atoms with E-state index in [1.807, 2.05) is 0 Å². The number of nitrogens with zero attached hydrogens (tertiary/aromatic N) is 1. The summed E-state index contributed by atoms with van der Waals surface area (Å²) in [5.74, 6) is 0. The predicted octanol–water partition coefficient (Wildman–Crippen LogP) is 3.58. The van der Waals surface area contributed by atoms with Crippen LogP contribution in [0.15, 0.2) is 6.07 Å². The molecule has 114 valence electrons. The Morgan fingerprint density at radius 3 is 2.70 bits per heavy atom. The van der Waals surface area contributed by atoms with Crippen molar-refractivity contribution in [1.29, 1.82) is 0 Å². The van der Waals surface area contributed by atoms with E-state index in [-0.39, 0.29) is 17.1 Å². The summed E-state index contributed by atoms with van der Waals surface area (Å²) in [4.78, 5) is 0. The van der Waals surface area contributed by atoms with Crippen molar-refractivity contribution in [3.8, 4) is 0 Å². The summed E-state index contributed by atoms with van der Waals surface area (Å²) < 4.78 is 8.30. The van der Waals surface area contributed by atoms with Crippen LogP contribution in [0, 0.1) is 12.3 Å². The average molecular weight is 278 g/mol. The van der Waals surface area contributed by atoms with Crippen molar-refractivity contribution in [3.63, 3.8) is 0 Å². The van der Waals surface area contributed by atoms with Gasteiger partial charge in [-0.25, -0.2) is 0 Å². The molecule has 2 rings (SSSR count). The molecule has 3 nitrogen and oxygen atoms in total. The van der Waals surface area contributed by atoms with E-state index < -0.39 is 0 Å². The van der Waals surface area contributed by atoms with Crippen LogP contribution in [0.25, 0.3) is 0 Å². The summed E-state index contributed by atoms with van der Waals surface area (Å²) in [6.45, 7) is 14.8. The molecule has 0 radical (unpaired) electrons. The summed E-state index contributed by atoms with van der Waals surface area (Å²) in [6.07, 6.45) is 2.17. The molecule has 1 aromatic rings. The van der Waals surface area contributed by atoms with Gasteiger partial charge in [-0.2, -0.15) is 0 Å². The Balaban J connectivity index is 2.36. The maximum atomic E-state index is 6.38. The summed E-state index contributed by atoms with van der Waals surface area (Å²) in [7, 11) is 0. The van der Waals surface area contributed by atoms with Gasteiger partial charge in [-0.05, 0) is 57.6 Å². The van der Waals surface area contributed by atoms with Crippen LogP contribution in [0.5, 0.6) is 0 Å². The Morgan fingerprint density at radius 2 is 2.10 bits per heavy atom. The van der Waals surface area contributed by atoms with Crippen LogP contribution in [-0.4, -0.2) is 16.8 Å². The SMILES string of the molecule is CCOC(C)(C)Cn1c(C)cc2c1CC(C)(C)CC2N. The molecule has 1 atom stereocenters. The fourth-order valence-electron chi connectivity index (χ4n) is 3.54. The van der Waals surface area contributed by atoms with E-state index in [0.717, 1.165) is 26.0 Å². The van der Waals surface area contributed by atoms with E-state index in [9.17, 15) is 0 Å². The number of fused-ring (bicyclic) bond motifs is 1. The Bertz CT molecular complexity index is 485. The third-order valence-electron chi connectivity index (χ3n) is 4.34. The number of nitrogens with two attached hydrogens (primary N) is 1. The van der Waals surface area contributed by atoms with Crippen LogP contribution in [0.2, 0.25) is 0 Å². The maximum Gasteiger partial charge on any atom is 0.0804 e. The minimum Gasteiger partial charge on any atom is -0.374 e. The van der Waals surface area contributed by atoms with Crippen molar-refractivity contribution in [3.05, 3.63) is 23.0 Å². The van der Waals surface area contributed by atoms with Crippen molar-refractivity contribution >= 4 is 0 Å². The Labute approximate surface area is 123 Å². The molecule has 0 saturated heterocycles. The highest BCUT2D eigenvalue weighted by molar-refractivity contribution is 5.34.